The molecule has 0 aliphatic heterocycles. The fourth-order valence-corrected chi connectivity index (χ4v) is 2.27. The molecule has 2 aromatic carbocycles. The lowest BCUT2D eigenvalue weighted by atomic mass is 10.0. The zero-order valence-corrected chi connectivity index (χ0v) is 11.6. The number of nitrogens with one attached hydrogen (secondary N) is 1. The van der Waals surface area contributed by atoms with Crippen molar-refractivity contribution >= 4 is 17.1 Å². The van der Waals surface area contributed by atoms with Gasteiger partial charge in [-0.1, -0.05) is 36.4 Å². The van der Waals surface area contributed by atoms with E-state index in [0.717, 1.165) is 11.1 Å². The van der Waals surface area contributed by atoms with Crippen LogP contribution in [0.3, 0.4) is 0 Å². The molecule has 0 atom stereocenters. The number of benzene rings is 2. The first-order chi connectivity index (χ1) is 10.6. The predicted molar refractivity (Wildman–Crippen MR) is 82.8 cm³/mol. The first-order valence-electron chi connectivity index (χ1n) is 6.72. The van der Waals surface area contributed by atoms with Crippen molar-refractivity contribution in [1.29, 1.82) is 0 Å². The smallest absolute Gasteiger partial charge is 0.405 e. The van der Waals surface area contributed by atoms with E-state index in [9.17, 15) is 9.59 Å². The van der Waals surface area contributed by atoms with Crippen LogP contribution in [0.25, 0.3) is 22.1 Å². The van der Waals surface area contributed by atoms with Gasteiger partial charge in [-0.05, 0) is 23.3 Å². The molecular weight excluding hydrogens is 282 g/mol. The van der Waals surface area contributed by atoms with E-state index in [-0.39, 0.29) is 17.7 Å². The van der Waals surface area contributed by atoms with Crippen LogP contribution in [0, 0.1) is 0 Å². The minimum Gasteiger partial charge on any atom is -0.465 e. The van der Waals surface area contributed by atoms with Crippen LogP contribution in [-0.4, -0.2) is 11.2 Å². The molecule has 5 heteroatoms. The summed E-state index contributed by atoms with van der Waals surface area (Å²) < 4.78 is 5.56. The molecule has 0 bridgehead atoms. The molecule has 110 valence electrons. The SMILES string of the molecule is O=C(O)NCc1cc(=O)c2cc(-c3ccccc3)ccc2o1. The van der Waals surface area contributed by atoms with Gasteiger partial charge in [0.1, 0.15) is 11.3 Å². The number of hydrogen-bond acceptors (Lipinski definition) is 3. The third-order valence-corrected chi connectivity index (χ3v) is 3.30. The summed E-state index contributed by atoms with van der Waals surface area (Å²) >= 11 is 0. The van der Waals surface area contributed by atoms with Crippen LogP contribution < -0.4 is 10.7 Å². The number of hydrogen-bond donors (Lipinski definition) is 2. The summed E-state index contributed by atoms with van der Waals surface area (Å²) in [5.74, 6) is 0.285. The highest BCUT2D eigenvalue weighted by Crippen LogP contribution is 2.23. The highest BCUT2D eigenvalue weighted by Gasteiger charge is 2.07. The van der Waals surface area contributed by atoms with Crippen molar-refractivity contribution in [3.8, 4) is 11.1 Å². The lowest BCUT2D eigenvalue weighted by Crippen LogP contribution is -2.20. The Balaban J connectivity index is 2.03. The first kappa shape index (κ1) is 13.9. The Morgan fingerprint density at radius 2 is 1.82 bits per heavy atom. The maximum absolute atomic E-state index is 12.2. The minimum absolute atomic E-state index is 0.0407. The van der Waals surface area contributed by atoms with Crippen molar-refractivity contribution in [1.82, 2.24) is 5.32 Å². The zero-order valence-electron chi connectivity index (χ0n) is 11.6. The van der Waals surface area contributed by atoms with E-state index in [1.807, 2.05) is 36.4 Å². The van der Waals surface area contributed by atoms with Crippen LogP contribution in [0.5, 0.6) is 0 Å². The van der Waals surface area contributed by atoms with Gasteiger partial charge in [-0.2, -0.15) is 0 Å². The Kier molecular flexibility index (Phi) is 3.62. The van der Waals surface area contributed by atoms with Crippen LogP contribution >= 0.6 is 0 Å². The van der Waals surface area contributed by atoms with E-state index in [2.05, 4.69) is 5.32 Å². The standard InChI is InChI=1S/C17H13NO4/c19-15-9-13(10-18-17(20)21)22-16-7-6-12(8-14(15)16)11-4-2-1-3-5-11/h1-9,18H,10H2,(H,20,21). The fourth-order valence-electron chi connectivity index (χ4n) is 2.27. The van der Waals surface area contributed by atoms with E-state index in [1.165, 1.54) is 6.07 Å². The molecule has 1 aromatic heterocycles. The van der Waals surface area contributed by atoms with Gasteiger partial charge in [0.25, 0.3) is 0 Å². The molecule has 0 unspecified atom stereocenters. The van der Waals surface area contributed by atoms with Gasteiger partial charge in [-0.3, -0.25) is 4.79 Å². The van der Waals surface area contributed by atoms with Crippen molar-refractivity contribution in [2.45, 2.75) is 6.54 Å². The third kappa shape index (κ3) is 2.83. The Bertz CT molecular complexity index is 884. The van der Waals surface area contributed by atoms with E-state index < -0.39 is 6.09 Å². The molecule has 0 radical (unpaired) electrons. The van der Waals surface area contributed by atoms with E-state index in [0.29, 0.717) is 11.0 Å². The molecule has 3 aromatic rings. The second kappa shape index (κ2) is 5.73. The van der Waals surface area contributed by atoms with Gasteiger partial charge < -0.3 is 14.8 Å². The molecule has 0 saturated carbocycles. The van der Waals surface area contributed by atoms with E-state index in [1.54, 1.807) is 12.1 Å². The second-order valence-electron chi connectivity index (χ2n) is 4.81. The summed E-state index contributed by atoms with van der Waals surface area (Å²) in [6.07, 6.45) is -1.16. The zero-order chi connectivity index (χ0) is 15.5. The Morgan fingerprint density at radius 3 is 2.55 bits per heavy atom. The van der Waals surface area contributed by atoms with Gasteiger partial charge in [0, 0.05) is 6.07 Å². The van der Waals surface area contributed by atoms with Crippen molar-refractivity contribution in [2.75, 3.05) is 0 Å². The van der Waals surface area contributed by atoms with Crippen molar-refractivity contribution in [3.05, 3.63) is 70.6 Å². The van der Waals surface area contributed by atoms with Crippen LogP contribution in [-0.2, 0) is 6.54 Å². The molecule has 0 fully saturated rings. The lowest BCUT2D eigenvalue weighted by molar-refractivity contribution is 0.193. The molecule has 22 heavy (non-hydrogen) atoms. The summed E-state index contributed by atoms with van der Waals surface area (Å²) in [7, 11) is 0. The number of fused-ring (bicyclic) bond motifs is 1. The predicted octanol–water partition coefficient (Wildman–Crippen LogP) is 3.23. The van der Waals surface area contributed by atoms with Crippen LogP contribution in [0.2, 0.25) is 0 Å². The molecular formula is C17H13NO4. The highest BCUT2D eigenvalue weighted by molar-refractivity contribution is 5.83. The summed E-state index contributed by atoms with van der Waals surface area (Å²) in [5, 5.41) is 11.2. The van der Waals surface area contributed by atoms with Crippen LogP contribution in [0.4, 0.5) is 4.79 Å². The Hall–Kier alpha value is -3.08. The summed E-state index contributed by atoms with van der Waals surface area (Å²) in [5.41, 5.74) is 2.19. The van der Waals surface area contributed by atoms with Gasteiger partial charge in [0.2, 0.25) is 0 Å². The molecule has 0 aliphatic rings. The van der Waals surface area contributed by atoms with Gasteiger partial charge >= 0.3 is 6.09 Å². The van der Waals surface area contributed by atoms with E-state index in [4.69, 9.17) is 9.52 Å². The van der Waals surface area contributed by atoms with Crippen molar-refractivity contribution in [3.63, 3.8) is 0 Å². The van der Waals surface area contributed by atoms with Crippen molar-refractivity contribution in [2.24, 2.45) is 0 Å². The maximum atomic E-state index is 12.2. The largest absolute Gasteiger partial charge is 0.465 e. The average Bonchev–Trinajstić information content (AvgIpc) is 2.53. The van der Waals surface area contributed by atoms with Crippen molar-refractivity contribution < 1.29 is 14.3 Å². The fraction of sp³-hybridized carbons (Fsp3) is 0.0588. The molecule has 1 amide bonds. The molecule has 0 aliphatic carbocycles. The minimum atomic E-state index is -1.16. The van der Waals surface area contributed by atoms with E-state index >= 15 is 0 Å². The molecule has 2 N–H and O–H groups in total. The number of carbonyl (C=O) groups is 1. The summed E-state index contributed by atoms with van der Waals surface area (Å²) in [4.78, 5) is 22.7. The number of rotatable bonds is 3. The quantitative estimate of drug-likeness (QED) is 0.777. The van der Waals surface area contributed by atoms with Gasteiger partial charge in [0.15, 0.2) is 5.43 Å². The van der Waals surface area contributed by atoms with Crippen LogP contribution in [0.1, 0.15) is 5.76 Å². The van der Waals surface area contributed by atoms with Gasteiger partial charge in [-0.15, -0.1) is 0 Å². The summed E-state index contributed by atoms with van der Waals surface area (Å²) in [6, 6.07) is 16.4. The summed E-state index contributed by atoms with van der Waals surface area (Å²) in [6.45, 7) is -0.0407. The molecule has 5 nitrogen and oxygen atoms in total. The molecule has 0 spiro atoms. The molecule has 0 saturated heterocycles. The monoisotopic (exact) mass is 295 g/mol. The highest BCUT2D eigenvalue weighted by atomic mass is 16.4. The third-order valence-electron chi connectivity index (χ3n) is 3.30. The normalized spacial score (nSPS) is 10.5. The van der Waals surface area contributed by atoms with Gasteiger partial charge in [0.05, 0.1) is 11.9 Å². The second-order valence-corrected chi connectivity index (χ2v) is 4.81. The van der Waals surface area contributed by atoms with Gasteiger partial charge in [-0.25, -0.2) is 4.79 Å². The maximum Gasteiger partial charge on any atom is 0.405 e. The molecule has 1 heterocycles. The van der Waals surface area contributed by atoms with Crippen LogP contribution in [0.15, 0.2) is 63.8 Å². The molecule has 3 rings (SSSR count). The Labute approximate surface area is 125 Å². The topological polar surface area (TPSA) is 79.5 Å². The first-order valence-corrected chi connectivity index (χ1v) is 6.72. The Morgan fingerprint density at radius 1 is 1.05 bits per heavy atom. The lowest BCUT2D eigenvalue weighted by Gasteiger charge is -2.05. The number of carboxylic acid groups (broad SMARTS) is 1. The number of amides is 1. The average molecular weight is 295 g/mol.